The van der Waals surface area contributed by atoms with Crippen LogP contribution >= 0.6 is 11.3 Å². The number of rotatable bonds is 11. The molecule has 1 amide bonds. The number of aromatic nitrogens is 1. The maximum absolute atomic E-state index is 12.3. The Morgan fingerprint density at radius 2 is 1.74 bits per heavy atom. The van der Waals surface area contributed by atoms with Crippen molar-refractivity contribution in [2.45, 2.75) is 26.8 Å². The number of nitrogens with zero attached hydrogens (tertiary/aromatic N) is 1. The van der Waals surface area contributed by atoms with Gasteiger partial charge in [-0.2, -0.15) is 0 Å². The van der Waals surface area contributed by atoms with Crippen molar-refractivity contribution in [2.75, 3.05) is 18.5 Å². The van der Waals surface area contributed by atoms with Crippen molar-refractivity contribution < 1.29 is 19.1 Å². The third-order valence-electron chi connectivity index (χ3n) is 5.85. The fourth-order valence-electron chi connectivity index (χ4n) is 3.67. The van der Waals surface area contributed by atoms with Gasteiger partial charge < -0.3 is 20.1 Å². The van der Waals surface area contributed by atoms with Gasteiger partial charge in [0.05, 0.1) is 22.9 Å². The van der Waals surface area contributed by atoms with E-state index in [0.29, 0.717) is 18.1 Å². The predicted octanol–water partition coefficient (Wildman–Crippen LogP) is 6.29. The van der Waals surface area contributed by atoms with Crippen molar-refractivity contribution in [3.63, 3.8) is 0 Å². The van der Waals surface area contributed by atoms with Crippen molar-refractivity contribution in [1.29, 1.82) is 0 Å². The average Bonchev–Trinajstić information content (AvgIpc) is 3.36. The van der Waals surface area contributed by atoms with E-state index in [1.165, 1.54) is 17.0 Å². The lowest BCUT2D eigenvalue weighted by Gasteiger charge is -2.24. The standard InChI is InChI=1S/C30H31N3O4S/c1-4-36-28(34)17-18-31-29(35)21-9-13-23(14-10-21)32-26(20(2)3)19-37-24-15-11-22(12-16-24)30-33-25-7-5-6-8-27(25)38-30/h5-18,20,26,32H,4,19H2,1-3H3,(H,31,35)/t26-/m1/s1. The summed E-state index contributed by atoms with van der Waals surface area (Å²) in [4.78, 5) is 28.3. The summed E-state index contributed by atoms with van der Waals surface area (Å²) in [7, 11) is 0. The number of carbonyl (C=O) groups excluding carboxylic acids is 2. The highest BCUT2D eigenvalue weighted by atomic mass is 32.1. The minimum Gasteiger partial charge on any atom is -0.491 e. The zero-order valence-corrected chi connectivity index (χ0v) is 22.5. The first-order valence-corrected chi connectivity index (χ1v) is 13.3. The van der Waals surface area contributed by atoms with Gasteiger partial charge in [0.2, 0.25) is 0 Å². The van der Waals surface area contributed by atoms with Crippen LogP contribution in [-0.4, -0.2) is 36.1 Å². The Balaban J connectivity index is 1.31. The Hall–Kier alpha value is -4.17. The number of thiazole rings is 1. The van der Waals surface area contributed by atoms with Gasteiger partial charge in [0.25, 0.3) is 5.91 Å². The number of ether oxygens (including phenoxy) is 2. The summed E-state index contributed by atoms with van der Waals surface area (Å²) >= 11 is 1.68. The molecule has 4 aromatic rings. The summed E-state index contributed by atoms with van der Waals surface area (Å²) < 4.78 is 12.1. The molecule has 1 heterocycles. The van der Waals surface area contributed by atoms with Gasteiger partial charge in [-0.05, 0) is 73.5 Å². The molecule has 0 saturated carbocycles. The lowest BCUT2D eigenvalue weighted by molar-refractivity contribution is -0.137. The first-order chi connectivity index (χ1) is 18.4. The van der Waals surface area contributed by atoms with Gasteiger partial charge in [-0.3, -0.25) is 4.79 Å². The largest absolute Gasteiger partial charge is 0.491 e. The Bertz CT molecular complexity index is 1360. The van der Waals surface area contributed by atoms with Gasteiger partial charge in [-0.15, -0.1) is 11.3 Å². The fraction of sp³-hybridized carbons (Fsp3) is 0.233. The second kappa shape index (κ2) is 12.9. The molecule has 8 heteroatoms. The molecule has 196 valence electrons. The summed E-state index contributed by atoms with van der Waals surface area (Å²) in [6.07, 6.45) is 2.46. The van der Waals surface area contributed by atoms with Crippen molar-refractivity contribution in [3.05, 3.63) is 90.6 Å². The zero-order chi connectivity index (χ0) is 26.9. The lowest BCUT2D eigenvalue weighted by atomic mass is 10.0. The average molecular weight is 530 g/mol. The van der Waals surface area contributed by atoms with Crippen LogP contribution in [-0.2, 0) is 9.53 Å². The molecule has 0 aliphatic carbocycles. The number of hydrogen-bond acceptors (Lipinski definition) is 7. The quantitative estimate of drug-likeness (QED) is 0.175. The molecule has 0 bridgehead atoms. The minimum atomic E-state index is -0.501. The van der Waals surface area contributed by atoms with E-state index in [1.807, 2.05) is 54.6 Å². The Labute approximate surface area is 226 Å². The lowest BCUT2D eigenvalue weighted by Crippen LogP contribution is -2.32. The highest BCUT2D eigenvalue weighted by Crippen LogP contribution is 2.31. The monoisotopic (exact) mass is 529 g/mol. The van der Waals surface area contributed by atoms with Crippen LogP contribution in [0.1, 0.15) is 31.1 Å². The molecule has 0 fully saturated rings. The number of anilines is 1. The second-order valence-corrected chi connectivity index (χ2v) is 9.98. The van der Waals surface area contributed by atoms with Gasteiger partial charge in [0, 0.05) is 29.1 Å². The normalized spacial score (nSPS) is 12.0. The molecule has 4 rings (SSSR count). The van der Waals surface area contributed by atoms with E-state index in [9.17, 15) is 9.59 Å². The summed E-state index contributed by atoms with van der Waals surface area (Å²) in [5.41, 5.74) is 3.45. The third-order valence-corrected chi connectivity index (χ3v) is 6.93. The molecule has 38 heavy (non-hydrogen) atoms. The number of amides is 1. The highest BCUT2D eigenvalue weighted by molar-refractivity contribution is 7.21. The van der Waals surface area contributed by atoms with E-state index >= 15 is 0 Å². The Morgan fingerprint density at radius 3 is 2.42 bits per heavy atom. The van der Waals surface area contributed by atoms with Crippen molar-refractivity contribution in [3.8, 4) is 16.3 Å². The molecule has 0 unspecified atom stereocenters. The van der Waals surface area contributed by atoms with Gasteiger partial charge in [0.15, 0.2) is 0 Å². The van der Waals surface area contributed by atoms with Crippen LogP contribution in [0.25, 0.3) is 20.8 Å². The number of fused-ring (bicyclic) bond motifs is 1. The molecule has 0 radical (unpaired) electrons. The van der Waals surface area contributed by atoms with Gasteiger partial charge in [-0.25, -0.2) is 9.78 Å². The van der Waals surface area contributed by atoms with E-state index in [1.54, 1.807) is 30.4 Å². The van der Waals surface area contributed by atoms with E-state index in [0.717, 1.165) is 27.5 Å². The molecular formula is C30H31N3O4S. The van der Waals surface area contributed by atoms with Gasteiger partial charge >= 0.3 is 5.97 Å². The third kappa shape index (κ3) is 7.20. The van der Waals surface area contributed by atoms with E-state index in [4.69, 9.17) is 14.5 Å². The zero-order valence-electron chi connectivity index (χ0n) is 21.6. The Kier molecular flexibility index (Phi) is 9.11. The van der Waals surface area contributed by atoms with Crippen LogP contribution in [0.15, 0.2) is 85.1 Å². The van der Waals surface area contributed by atoms with Crippen LogP contribution < -0.4 is 15.4 Å². The van der Waals surface area contributed by atoms with Crippen molar-refractivity contribution >= 4 is 39.1 Å². The predicted molar refractivity (Wildman–Crippen MR) is 152 cm³/mol. The molecule has 3 aromatic carbocycles. The van der Waals surface area contributed by atoms with Crippen molar-refractivity contribution in [1.82, 2.24) is 10.3 Å². The number of benzene rings is 3. The van der Waals surface area contributed by atoms with E-state index in [-0.39, 0.29) is 18.6 Å². The molecular weight excluding hydrogens is 498 g/mol. The molecule has 1 atom stereocenters. The van der Waals surface area contributed by atoms with Crippen LogP contribution in [0, 0.1) is 5.92 Å². The summed E-state index contributed by atoms with van der Waals surface area (Å²) in [5.74, 6) is 0.298. The molecule has 7 nitrogen and oxygen atoms in total. The number of para-hydroxylation sites is 1. The molecule has 1 aromatic heterocycles. The maximum Gasteiger partial charge on any atom is 0.332 e. The number of carbonyl (C=O) groups is 2. The smallest absolute Gasteiger partial charge is 0.332 e. The molecule has 2 N–H and O–H groups in total. The topological polar surface area (TPSA) is 89.5 Å². The molecule has 0 saturated heterocycles. The molecule has 0 aliphatic rings. The molecule has 0 aliphatic heterocycles. The molecule has 0 spiro atoms. The van der Waals surface area contributed by atoms with Gasteiger partial charge in [-0.1, -0.05) is 26.0 Å². The summed E-state index contributed by atoms with van der Waals surface area (Å²) in [5, 5.41) is 7.05. The SMILES string of the molecule is CCOC(=O)C=CNC(=O)c1ccc(N[C@H](COc2ccc(-c3nc4ccccc4s3)cc2)C(C)C)cc1. The van der Waals surface area contributed by atoms with Crippen LogP contribution in [0.5, 0.6) is 5.75 Å². The van der Waals surface area contributed by atoms with E-state index in [2.05, 4.69) is 30.5 Å². The second-order valence-electron chi connectivity index (χ2n) is 8.95. The first-order valence-electron chi connectivity index (χ1n) is 12.5. The van der Waals surface area contributed by atoms with Gasteiger partial charge in [0.1, 0.15) is 17.4 Å². The fourth-order valence-corrected chi connectivity index (χ4v) is 4.64. The van der Waals surface area contributed by atoms with Crippen LogP contribution in [0.3, 0.4) is 0 Å². The first kappa shape index (κ1) is 26.9. The highest BCUT2D eigenvalue weighted by Gasteiger charge is 2.15. The van der Waals surface area contributed by atoms with E-state index < -0.39 is 5.97 Å². The number of nitrogens with one attached hydrogen (secondary N) is 2. The van der Waals surface area contributed by atoms with Crippen molar-refractivity contribution in [2.24, 2.45) is 5.92 Å². The van der Waals surface area contributed by atoms with Crippen LogP contribution in [0.4, 0.5) is 5.69 Å². The number of hydrogen-bond donors (Lipinski definition) is 2. The number of esters is 1. The summed E-state index contributed by atoms with van der Waals surface area (Å²) in [6.45, 7) is 6.76. The Morgan fingerprint density at radius 1 is 1.00 bits per heavy atom. The maximum atomic E-state index is 12.3. The minimum absolute atomic E-state index is 0.0612. The summed E-state index contributed by atoms with van der Waals surface area (Å²) in [6, 6.07) is 23.4. The van der Waals surface area contributed by atoms with Crippen LogP contribution in [0.2, 0.25) is 0 Å².